The van der Waals surface area contributed by atoms with Crippen molar-refractivity contribution in [3.05, 3.63) is 73.1 Å². The Balaban J connectivity index is 1.59. The van der Waals surface area contributed by atoms with Gasteiger partial charge in [0.25, 0.3) is 10.0 Å². The number of hydrogen-bond donors (Lipinski definition) is 3. The van der Waals surface area contributed by atoms with Crippen molar-refractivity contribution in [1.29, 1.82) is 0 Å². The molecule has 4 rings (SSSR count). The number of nitrogens with one attached hydrogen (secondary N) is 3. The van der Waals surface area contributed by atoms with Gasteiger partial charge in [-0.05, 0) is 42.5 Å². The molecule has 0 aliphatic rings. The van der Waals surface area contributed by atoms with Crippen LogP contribution in [0.2, 0.25) is 0 Å². The number of sulfonamides is 1. The van der Waals surface area contributed by atoms with Crippen LogP contribution in [0.5, 0.6) is 5.75 Å². The minimum atomic E-state index is -3.67. The molecule has 4 aromatic rings. The minimum Gasteiger partial charge on any atom is -0.494 e. The largest absolute Gasteiger partial charge is 0.494 e. The van der Waals surface area contributed by atoms with Crippen LogP contribution in [0.15, 0.2) is 78.0 Å². The summed E-state index contributed by atoms with van der Waals surface area (Å²) in [6.07, 6.45) is 1.76. The topological polar surface area (TPSA) is 122 Å². The molecular formula is C24H23N5O4S. The van der Waals surface area contributed by atoms with Crippen molar-refractivity contribution < 1.29 is 17.9 Å². The molecule has 34 heavy (non-hydrogen) atoms. The number of fused-ring (bicyclic) bond motifs is 1. The molecule has 1 aromatic heterocycles. The fourth-order valence-electron chi connectivity index (χ4n) is 3.26. The molecule has 9 nitrogen and oxygen atoms in total. The third kappa shape index (κ3) is 5.07. The number of carbonyl (C=O) groups is 1. The smallest absolute Gasteiger partial charge is 0.261 e. The predicted octanol–water partition coefficient (Wildman–Crippen LogP) is 4.53. The monoisotopic (exact) mass is 477 g/mol. The average molecular weight is 478 g/mol. The number of aromatic nitrogens is 2. The SMILES string of the molecule is CCC(=O)Nc1cc2c(Nc3ccc(NS(=O)(=O)c4ccccc4)cc3)ncnc2cc1OC. The van der Waals surface area contributed by atoms with E-state index in [-0.39, 0.29) is 10.8 Å². The first-order chi connectivity index (χ1) is 16.4. The average Bonchev–Trinajstić information content (AvgIpc) is 2.85. The van der Waals surface area contributed by atoms with Gasteiger partial charge in [0.15, 0.2) is 0 Å². The van der Waals surface area contributed by atoms with Gasteiger partial charge < -0.3 is 15.4 Å². The molecule has 0 radical (unpaired) electrons. The van der Waals surface area contributed by atoms with E-state index >= 15 is 0 Å². The molecule has 1 heterocycles. The first kappa shape index (κ1) is 23.0. The van der Waals surface area contributed by atoms with Crippen LogP contribution in [0.1, 0.15) is 13.3 Å². The maximum Gasteiger partial charge on any atom is 0.261 e. The van der Waals surface area contributed by atoms with E-state index in [9.17, 15) is 13.2 Å². The zero-order valence-electron chi connectivity index (χ0n) is 18.6. The van der Waals surface area contributed by atoms with Crippen LogP contribution < -0.4 is 20.1 Å². The van der Waals surface area contributed by atoms with Gasteiger partial charge in [0.1, 0.15) is 17.9 Å². The molecule has 0 saturated carbocycles. The van der Waals surface area contributed by atoms with Crippen LogP contribution in [-0.2, 0) is 14.8 Å². The van der Waals surface area contributed by atoms with Crippen LogP contribution in [-0.4, -0.2) is 31.4 Å². The first-order valence-electron chi connectivity index (χ1n) is 10.5. The Morgan fingerprint density at radius 3 is 2.35 bits per heavy atom. The van der Waals surface area contributed by atoms with Gasteiger partial charge in [0.2, 0.25) is 5.91 Å². The highest BCUT2D eigenvalue weighted by molar-refractivity contribution is 7.92. The van der Waals surface area contributed by atoms with Crippen LogP contribution in [0.25, 0.3) is 10.9 Å². The number of ether oxygens (including phenoxy) is 1. The van der Waals surface area contributed by atoms with Crippen LogP contribution in [0, 0.1) is 0 Å². The molecule has 0 saturated heterocycles. The zero-order valence-corrected chi connectivity index (χ0v) is 19.4. The molecule has 174 valence electrons. The van der Waals surface area contributed by atoms with E-state index < -0.39 is 10.0 Å². The highest BCUT2D eigenvalue weighted by Gasteiger charge is 2.14. The van der Waals surface area contributed by atoms with E-state index in [1.165, 1.54) is 25.6 Å². The van der Waals surface area contributed by atoms with Crippen molar-refractivity contribution in [2.75, 3.05) is 22.5 Å². The van der Waals surface area contributed by atoms with E-state index in [1.54, 1.807) is 61.5 Å². The number of hydrogen-bond acceptors (Lipinski definition) is 7. The maximum atomic E-state index is 12.5. The molecule has 0 spiro atoms. The molecule has 1 amide bonds. The zero-order chi connectivity index (χ0) is 24.1. The standard InChI is InChI=1S/C24H23N5O4S/c1-3-23(30)28-21-13-19-20(14-22(21)33-2)25-15-26-24(19)27-16-9-11-17(12-10-16)29-34(31,32)18-7-5-4-6-8-18/h4-15,29H,3H2,1-2H3,(H,28,30)(H,25,26,27). The summed E-state index contributed by atoms with van der Waals surface area (Å²) in [5.41, 5.74) is 2.27. The number of nitrogens with zero attached hydrogens (tertiary/aromatic N) is 2. The number of methoxy groups -OCH3 is 1. The van der Waals surface area contributed by atoms with E-state index in [1.807, 2.05) is 0 Å². The quantitative estimate of drug-likeness (QED) is 0.341. The van der Waals surface area contributed by atoms with E-state index in [0.29, 0.717) is 46.0 Å². The summed E-state index contributed by atoms with van der Waals surface area (Å²) >= 11 is 0. The van der Waals surface area contributed by atoms with Gasteiger partial charge in [0, 0.05) is 29.2 Å². The summed E-state index contributed by atoms with van der Waals surface area (Å²) in [4.78, 5) is 20.7. The van der Waals surface area contributed by atoms with Crippen molar-refractivity contribution in [3.63, 3.8) is 0 Å². The Labute approximate surface area is 197 Å². The highest BCUT2D eigenvalue weighted by Crippen LogP contribution is 2.33. The van der Waals surface area contributed by atoms with E-state index in [4.69, 9.17) is 4.74 Å². The number of rotatable bonds is 8. The molecule has 0 aliphatic heterocycles. The Kier molecular flexibility index (Phi) is 6.60. The summed E-state index contributed by atoms with van der Waals surface area (Å²) < 4.78 is 33.0. The third-order valence-corrected chi connectivity index (χ3v) is 6.40. The molecule has 10 heteroatoms. The first-order valence-corrected chi connectivity index (χ1v) is 12.0. The molecule has 0 fully saturated rings. The lowest BCUT2D eigenvalue weighted by Crippen LogP contribution is -2.12. The van der Waals surface area contributed by atoms with Crippen molar-refractivity contribution in [1.82, 2.24) is 9.97 Å². The molecular weight excluding hydrogens is 454 g/mol. The molecule has 0 aliphatic carbocycles. The molecule has 0 bridgehead atoms. The van der Waals surface area contributed by atoms with Gasteiger partial charge in [-0.2, -0.15) is 0 Å². The second-order valence-corrected chi connectivity index (χ2v) is 9.00. The molecule has 3 aromatic carbocycles. The normalized spacial score (nSPS) is 11.1. The second kappa shape index (κ2) is 9.75. The predicted molar refractivity (Wildman–Crippen MR) is 132 cm³/mol. The molecule has 3 N–H and O–H groups in total. The van der Waals surface area contributed by atoms with Crippen molar-refractivity contribution in [2.45, 2.75) is 18.2 Å². The fourth-order valence-corrected chi connectivity index (χ4v) is 4.34. The Morgan fingerprint density at radius 2 is 1.68 bits per heavy atom. The van der Waals surface area contributed by atoms with E-state index in [0.717, 1.165) is 0 Å². The lowest BCUT2D eigenvalue weighted by molar-refractivity contribution is -0.115. The summed E-state index contributed by atoms with van der Waals surface area (Å²) in [6.45, 7) is 1.77. The maximum absolute atomic E-state index is 12.5. The van der Waals surface area contributed by atoms with Gasteiger partial charge in [0.05, 0.1) is 23.2 Å². The van der Waals surface area contributed by atoms with Gasteiger partial charge in [-0.25, -0.2) is 18.4 Å². The number of anilines is 4. The highest BCUT2D eigenvalue weighted by atomic mass is 32.2. The fraction of sp³-hybridized carbons (Fsp3) is 0.125. The Morgan fingerprint density at radius 1 is 0.971 bits per heavy atom. The molecule has 0 unspecified atom stereocenters. The molecule has 0 atom stereocenters. The van der Waals surface area contributed by atoms with Crippen molar-refractivity contribution >= 4 is 49.7 Å². The van der Waals surface area contributed by atoms with E-state index in [2.05, 4.69) is 25.3 Å². The Bertz CT molecular complexity index is 1430. The van der Waals surface area contributed by atoms with Gasteiger partial charge in [-0.1, -0.05) is 25.1 Å². The third-order valence-electron chi connectivity index (χ3n) is 5.01. The van der Waals surface area contributed by atoms with Crippen molar-refractivity contribution in [2.24, 2.45) is 0 Å². The lowest BCUT2D eigenvalue weighted by Gasteiger charge is -2.14. The Hall–Kier alpha value is -4.18. The summed E-state index contributed by atoms with van der Waals surface area (Å²) in [5.74, 6) is 0.879. The van der Waals surface area contributed by atoms with Crippen LogP contribution in [0.3, 0.4) is 0 Å². The van der Waals surface area contributed by atoms with Gasteiger partial charge in [-0.15, -0.1) is 0 Å². The number of carbonyl (C=O) groups excluding carboxylic acids is 1. The number of benzene rings is 3. The van der Waals surface area contributed by atoms with Gasteiger partial charge in [-0.3, -0.25) is 9.52 Å². The second-order valence-electron chi connectivity index (χ2n) is 7.31. The van der Waals surface area contributed by atoms with Crippen LogP contribution >= 0.6 is 0 Å². The summed E-state index contributed by atoms with van der Waals surface area (Å²) in [5, 5.41) is 6.73. The van der Waals surface area contributed by atoms with Crippen molar-refractivity contribution in [3.8, 4) is 5.75 Å². The number of amides is 1. The minimum absolute atomic E-state index is 0.141. The summed E-state index contributed by atoms with van der Waals surface area (Å²) in [7, 11) is -2.15. The van der Waals surface area contributed by atoms with Crippen LogP contribution in [0.4, 0.5) is 22.9 Å². The summed E-state index contributed by atoms with van der Waals surface area (Å²) in [6, 6.07) is 18.4. The van der Waals surface area contributed by atoms with Gasteiger partial charge >= 0.3 is 0 Å². The lowest BCUT2D eigenvalue weighted by atomic mass is 10.1.